The zero-order valence-corrected chi connectivity index (χ0v) is 13.7. The molecule has 0 aliphatic carbocycles. The lowest BCUT2D eigenvalue weighted by atomic mass is 9.99. The second-order valence-electron chi connectivity index (χ2n) is 4.83. The highest BCUT2D eigenvalue weighted by atomic mass is 35.5. The molecule has 0 aliphatic rings. The third kappa shape index (κ3) is 3.67. The molecule has 2 aromatic rings. The van der Waals surface area contributed by atoms with Gasteiger partial charge in [-0.25, -0.2) is 9.21 Å². The lowest BCUT2D eigenvalue weighted by Gasteiger charge is -2.17. The minimum absolute atomic E-state index is 0.0504. The molecule has 8 heteroatoms. The number of carbonyl (C=O) groups is 3. The van der Waals surface area contributed by atoms with Crippen LogP contribution in [0.25, 0.3) is 0 Å². The Morgan fingerprint density at radius 2 is 1.67 bits per heavy atom. The van der Waals surface area contributed by atoms with Crippen LogP contribution in [0, 0.1) is 0 Å². The third-order valence-corrected chi connectivity index (χ3v) is 3.82. The van der Waals surface area contributed by atoms with Gasteiger partial charge in [-0.15, -0.1) is 0 Å². The molecule has 0 saturated carbocycles. The summed E-state index contributed by atoms with van der Waals surface area (Å²) in [4.78, 5) is 35.5. The number of primary amides is 1. The number of rotatable bonds is 5. The lowest BCUT2D eigenvalue weighted by molar-refractivity contribution is 0.0682. The van der Waals surface area contributed by atoms with Crippen molar-refractivity contribution in [3.63, 3.8) is 0 Å². The number of halogens is 2. The number of carboxylic acid groups (broad SMARTS) is 1. The van der Waals surface area contributed by atoms with Crippen molar-refractivity contribution in [1.82, 2.24) is 4.42 Å². The van der Waals surface area contributed by atoms with Gasteiger partial charge in [0, 0.05) is 11.8 Å². The van der Waals surface area contributed by atoms with Crippen molar-refractivity contribution in [1.29, 1.82) is 0 Å². The second kappa shape index (κ2) is 7.33. The van der Waals surface area contributed by atoms with Crippen molar-refractivity contribution in [3.8, 4) is 0 Å². The van der Waals surface area contributed by atoms with Gasteiger partial charge in [0.1, 0.15) is 0 Å². The standard InChI is InChI=1S/C16H12Cl2N2O4/c17-11-7-6-10(12(16(23)24)13(11)14(19)21)15(22)20(18)8-9-4-2-1-3-5-9/h1-7H,8H2,(H2,19,21)(H,23,24). The molecule has 0 aromatic heterocycles. The number of carboxylic acids is 1. The molecule has 0 saturated heterocycles. The maximum atomic E-state index is 12.5. The number of nitrogens with zero attached hydrogens (tertiary/aromatic N) is 1. The van der Waals surface area contributed by atoms with Gasteiger partial charge in [0.15, 0.2) is 0 Å². The molecule has 3 N–H and O–H groups in total. The van der Waals surface area contributed by atoms with E-state index >= 15 is 0 Å². The minimum Gasteiger partial charge on any atom is -0.478 e. The van der Waals surface area contributed by atoms with E-state index in [4.69, 9.17) is 29.1 Å². The SMILES string of the molecule is NC(=O)c1c(Cl)ccc(C(=O)N(Cl)Cc2ccccc2)c1C(=O)O. The van der Waals surface area contributed by atoms with Crippen LogP contribution in [0.3, 0.4) is 0 Å². The van der Waals surface area contributed by atoms with E-state index in [9.17, 15) is 19.5 Å². The molecule has 0 unspecified atom stereocenters. The summed E-state index contributed by atoms with van der Waals surface area (Å²) in [5, 5.41) is 9.21. The Hall–Kier alpha value is -2.57. The predicted octanol–water partition coefficient (Wildman–Crippen LogP) is 2.93. The minimum atomic E-state index is -1.50. The molecular weight excluding hydrogens is 355 g/mol. The smallest absolute Gasteiger partial charge is 0.337 e. The van der Waals surface area contributed by atoms with Gasteiger partial charge >= 0.3 is 5.97 Å². The zero-order valence-electron chi connectivity index (χ0n) is 12.2. The molecule has 2 rings (SSSR count). The number of hydrogen-bond acceptors (Lipinski definition) is 3. The summed E-state index contributed by atoms with van der Waals surface area (Å²) in [6.45, 7) is 0.0504. The van der Waals surface area contributed by atoms with Crippen LogP contribution in [-0.4, -0.2) is 27.3 Å². The van der Waals surface area contributed by atoms with E-state index in [1.54, 1.807) is 24.3 Å². The van der Waals surface area contributed by atoms with Gasteiger partial charge in [0.05, 0.1) is 28.3 Å². The van der Waals surface area contributed by atoms with Crippen LogP contribution in [0.1, 0.15) is 36.6 Å². The molecule has 2 aromatic carbocycles. The van der Waals surface area contributed by atoms with Crippen molar-refractivity contribution in [2.75, 3.05) is 0 Å². The molecule has 2 amide bonds. The number of carbonyl (C=O) groups excluding carboxylic acids is 2. The van der Waals surface area contributed by atoms with Gasteiger partial charge in [-0.1, -0.05) is 41.9 Å². The molecule has 6 nitrogen and oxygen atoms in total. The van der Waals surface area contributed by atoms with Gasteiger partial charge in [-0.2, -0.15) is 0 Å². The Balaban J connectivity index is 2.44. The Kier molecular flexibility index (Phi) is 5.43. The van der Waals surface area contributed by atoms with Gasteiger partial charge < -0.3 is 10.8 Å². The maximum Gasteiger partial charge on any atom is 0.337 e. The van der Waals surface area contributed by atoms with Gasteiger partial charge in [-0.3, -0.25) is 9.59 Å². The summed E-state index contributed by atoms with van der Waals surface area (Å²) in [7, 11) is 0. The summed E-state index contributed by atoms with van der Waals surface area (Å²) in [5.41, 5.74) is 4.66. The Labute approximate surface area is 147 Å². The van der Waals surface area contributed by atoms with Gasteiger partial charge in [-0.05, 0) is 17.7 Å². The average molecular weight is 367 g/mol. The molecule has 24 heavy (non-hydrogen) atoms. The van der Waals surface area contributed by atoms with E-state index < -0.39 is 28.9 Å². The van der Waals surface area contributed by atoms with E-state index in [1.807, 2.05) is 6.07 Å². The van der Waals surface area contributed by atoms with Crippen molar-refractivity contribution < 1.29 is 19.5 Å². The number of aromatic carboxylic acids is 1. The summed E-state index contributed by atoms with van der Waals surface area (Å²) in [6, 6.07) is 11.3. The molecular formula is C16H12Cl2N2O4. The van der Waals surface area contributed by atoms with E-state index in [2.05, 4.69) is 0 Å². The van der Waals surface area contributed by atoms with Gasteiger partial charge in [0.25, 0.3) is 11.8 Å². The van der Waals surface area contributed by atoms with Crippen LogP contribution in [0.2, 0.25) is 5.02 Å². The van der Waals surface area contributed by atoms with E-state index in [0.29, 0.717) is 0 Å². The molecule has 0 spiro atoms. The quantitative estimate of drug-likeness (QED) is 0.794. The first-order chi connectivity index (χ1) is 11.3. The first kappa shape index (κ1) is 17.8. The first-order valence-electron chi connectivity index (χ1n) is 6.70. The van der Waals surface area contributed by atoms with Crippen molar-refractivity contribution in [2.45, 2.75) is 6.54 Å². The van der Waals surface area contributed by atoms with Crippen LogP contribution < -0.4 is 5.73 Å². The average Bonchev–Trinajstić information content (AvgIpc) is 2.54. The van der Waals surface area contributed by atoms with Crippen LogP contribution in [0.15, 0.2) is 42.5 Å². The molecule has 0 atom stereocenters. The van der Waals surface area contributed by atoms with E-state index in [0.717, 1.165) is 9.98 Å². The molecule has 0 bridgehead atoms. The fourth-order valence-corrected chi connectivity index (χ4v) is 2.64. The van der Waals surface area contributed by atoms with Crippen LogP contribution in [0.5, 0.6) is 0 Å². The topological polar surface area (TPSA) is 101 Å². The highest BCUT2D eigenvalue weighted by Crippen LogP contribution is 2.25. The Morgan fingerprint density at radius 1 is 1.04 bits per heavy atom. The fourth-order valence-electron chi connectivity index (χ4n) is 2.16. The first-order valence-corrected chi connectivity index (χ1v) is 7.41. The number of amides is 2. The summed E-state index contributed by atoms with van der Waals surface area (Å²) >= 11 is 11.8. The highest BCUT2D eigenvalue weighted by Gasteiger charge is 2.27. The summed E-state index contributed by atoms with van der Waals surface area (Å²) in [6.07, 6.45) is 0. The second-order valence-corrected chi connectivity index (χ2v) is 5.64. The van der Waals surface area contributed by atoms with E-state index in [1.165, 1.54) is 12.1 Å². The Bertz CT molecular complexity index is 809. The molecule has 0 radical (unpaired) electrons. The Morgan fingerprint density at radius 3 is 2.21 bits per heavy atom. The van der Waals surface area contributed by atoms with Crippen LogP contribution >= 0.6 is 23.4 Å². The van der Waals surface area contributed by atoms with Crippen molar-refractivity contribution in [3.05, 3.63) is 69.7 Å². The maximum absolute atomic E-state index is 12.5. The molecule has 0 aliphatic heterocycles. The van der Waals surface area contributed by atoms with Gasteiger partial charge in [0.2, 0.25) is 0 Å². The highest BCUT2D eigenvalue weighted by molar-refractivity contribution is 6.35. The third-order valence-electron chi connectivity index (χ3n) is 3.23. The zero-order chi connectivity index (χ0) is 17.9. The summed E-state index contributed by atoms with van der Waals surface area (Å²) < 4.78 is 0.829. The monoisotopic (exact) mass is 366 g/mol. The molecule has 124 valence electrons. The molecule has 0 fully saturated rings. The predicted molar refractivity (Wildman–Crippen MR) is 89.1 cm³/mol. The van der Waals surface area contributed by atoms with Crippen molar-refractivity contribution in [2.24, 2.45) is 5.73 Å². The van der Waals surface area contributed by atoms with Crippen LogP contribution in [0.4, 0.5) is 0 Å². The fraction of sp³-hybridized carbons (Fsp3) is 0.0625. The largest absolute Gasteiger partial charge is 0.478 e. The number of hydrogen-bond donors (Lipinski definition) is 2. The lowest BCUT2D eigenvalue weighted by Crippen LogP contribution is -2.26. The number of nitrogens with two attached hydrogens (primary N) is 1. The number of benzene rings is 2. The summed E-state index contributed by atoms with van der Waals surface area (Å²) in [5.74, 6) is -3.33. The van der Waals surface area contributed by atoms with E-state index in [-0.39, 0.29) is 17.1 Å². The normalized spacial score (nSPS) is 10.2. The van der Waals surface area contributed by atoms with Crippen LogP contribution in [-0.2, 0) is 6.54 Å². The van der Waals surface area contributed by atoms with Crippen molar-refractivity contribution >= 4 is 41.2 Å². The molecule has 0 heterocycles.